The van der Waals surface area contributed by atoms with Crippen LogP contribution < -0.4 is 11.7 Å². The molecule has 0 fully saturated rings. The van der Waals surface area contributed by atoms with Crippen LogP contribution in [0.5, 0.6) is 0 Å². The van der Waals surface area contributed by atoms with Gasteiger partial charge < -0.3 is 62.8 Å². The summed E-state index contributed by atoms with van der Waals surface area (Å²) in [6.45, 7) is 6.11. The minimum atomic E-state index is -1.75. The van der Waals surface area contributed by atoms with Gasteiger partial charge in [0.25, 0.3) is 0 Å². The summed E-state index contributed by atoms with van der Waals surface area (Å²) in [6, 6.07) is 0. The molecule has 2 rings (SSSR count). The third-order valence-corrected chi connectivity index (χ3v) is 2.99. The number of nitrogen functional groups attached to an aromatic ring is 2. The summed E-state index contributed by atoms with van der Waals surface area (Å²) in [4.78, 5) is 16.5. The first kappa shape index (κ1) is 34.4. The maximum Gasteiger partial charge on any atom is 2.00 e. The molecule has 0 aliphatic heterocycles. The topological polar surface area (TPSA) is 327 Å². The molecule has 184 valence electrons. The molecule has 21 heteroatoms. The van der Waals surface area contributed by atoms with Crippen LogP contribution in [-0.4, -0.2) is 60.3 Å². The number of nitrogens with zero attached hydrogens (tertiary/aromatic N) is 8. The molecular formula is C12H24N10O10Zn. The number of aliphatic hydroxyl groups is 4. The fourth-order valence-corrected chi connectivity index (χ4v) is 1.77. The summed E-state index contributed by atoms with van der Waals surface area (Å²) in [5, 5.41) is 80.4. The molecule has 0 amide bonds. The van der Waals surface area contributed by atoms with E-state index in [0.717, 1.165) is 9.35 Å². The van der Waals surface area contributed by atoms with Gasteiger partial charge in [0.15, 0.2) is 23.3 Å². The summed E-state index contributed by atoms with van der Waals surface area (Å²) < 4.78 is 2.19. The molecule has 0 radical (unpaired) electrons. The molecule has 33 heavy (non-hydrogen) atoms. The van der Waals surface area contributed by atoms with Crippen molar-refractivity contribution < 1.29 is 50.1 Å². The monoisotopic (exact) mass is 532 g/mol. The van der Waals surface area contributed by atoms with Gasteiger partial charge in [0.1, 0.15) is 24.4 Å². The average molecular weight is 534 g/mol. The smallest absolute Gasteiger partial charge is 0.385 e. The number of rotatable bonds is 4. The van der Waals surface area contributed by atoms with Gasteiger partial charge in [-0.3, -0.25) is 0 Å². The molecule has 20 nitrogen and oxygen atoms in total. The van der Waals surface area contributed by atoms with E-state index < -0.39 is 34.6 Å². The molecule has 0 unspecified atom stereocenters. The largest absolute Gasteiger partial charge is 2.00 e. The second-order valence-corrected chi connectivity index (χ2v) is 5.72. The zero-order valence-corrected chi connectivity index (χ0v) is 21.0. The van der Waals surface area contributed by atoms with E-state index in [0.29, 0.717) is 0 Å². The van der Waals surface area contributed by atoms with Gasteiger partial charge in [-0.1, -0.05) is 0 Å². The first-order valence-electron chi connectivity index (χ1n) is 8.30. The van der Waals surface area contributed by atoms with Crippen LogP contribution in [0.15, 0.2) is 0 Å². The van der Waals surface area contributed by atoms with Gasteiger partial charge in [-0.25, -0.2) is 9.35 Å². The van der Waals surface area contributed by atoms with Crippen LogP contribution in [0.4, 0.5) is 0 Å². The third kappa shape index (κ3) is 13.7. The molecule has 8 N–H and O–H groups in total. The second-order valence-electron chi connectivity index (χ2n) is 5.72. The molecule has 2 aromatic heterocycles. The Hall–Kier alpha value is -3.26. The van der Waals surface area contributed by atoms with Crippen molar-refractivity contribution in [2.45, 2.75) is 52.1 Å². The van der Waals surface area contributed by atoms with Crippen LogP contribution in [0.25, 0.3) is 0 Å². The van der Waals surface area contributed by atoms with Crippen LogP contribution in [-0.2, 0) is 19.5 Å². The normalized spacial score (nSPS) is 13.1. The number of hydrogen-bond acceptors (Lipinski definition) is 16. The first-order valence-corrected chi connectivity index (χ1v) is 8.30. The third-order valence-electron chi connectivity index (χ3n) is 2.99. The van der Waals surface area contributed by atoms with Crippen LogP contribution >= 0.6 is 0 Å². The van der Waals surface area contributed by atoms with Crippen molar-refractivity contribution in [3.63, 3.8) is 0 Å². The summed E-state index contributed by atoms with van der Waals surface area (Å²) in [6.07, 6.45) is -3.13. The molecular weight excluding hydrogens is 510 g/mol. The Bertz CT molecular complexity index is 714. The Labute approximate surface area is 198 Å². The van der Waals surface area contributed by atoms with Crippen molar-refractivity contribution in [2.24, 2.45) is 0 Å². The van der Waals surface area contributed by atoms with E-state index in [2.05, 4.69) is 20.4 Å². The maximum absolute atomic E-state index is 9.11. The van der Waals surface area contributed by atoms with Crippen molar-refractivity contribution in [2.75, 3.05) is 11.7 Å². The van der Waals surface area contributed by atoms with E-state index in [1.807, 2.05) is 0 Å². The van der Waals surface area contributed by atoms with Gasteiger partial charge >= 0.3 is 19.5 Å². The molecule has 0 bridgehead atoms. The molecule has 2 heterocycles. The summed E-state index contributed by atoms with van der Waals surface area (Å²) in [5.41, 5.74) is 0. The van der Waals surface area contributed by atoms with E-state index in [1.165, 1.54) is 27.7 Å². The van der Waals surface area contributed by atoms with Crippen molar-refractivity contribution in [3.8, 4) is 0 Å². The standard InChI is InChI=1S/2C6H12N4O2.2NO3.Zn/c2*1-3(11)5-8-9-6(4(2)12)10(5)7;2*2-1(3)4;/h2*3-4,11-12H,7H2,1-2H3;;;/q;;2*-1;+2/t2*3-,4-;;;/m00.../s1. The Morgan fingerprint density at radius 3 is 0.818 bits per heavy atom. The minimum Gasteiger partial charge on any atom is -0.385 e. The minimum absolute atomic E-state index is 0. The maximum atomic E-state index is 9.11. The van der Waals surface area contributed by atoms with E-state index in [1.54, 1.807) is 0 Å². The number of nitrogens with two attached hydrogens (primary N) is 2. The first-order chi connectivity index (χ1) is 14.5. The Kier molecular flexibility index (Phi) is 17.1. The van der Waals surface area contributed by atoms with Gasteiger partial charge in [-0.15, -0.1) is 20.4 Å². The Balaban J connectivity index is -0.000000405. The fourth-order valence-electron chi connectivity index (χ4n) is 1.77. The molecule has 0 saturated heterocycles. The van der Waals surface area contributed by atoms with Gasteiger partial charge in [0.2, 0.25) is 0 Å². The van der Waals surface area contributed by atoms with Crippen molar-refractivity contribution in [3.05, 3.63) is 53.9 Å². The number of hydrogen-bond donors (Lipinski definition) is 6. The molecule has 0 aliphatic rings. The van der Waals surface area contributed by atoms with Crippen molar-refractivity contribution >= 4 is 0 Å². The quantitative estimate of drug-likeness (QED) is 0.104. The van der Waals surface area contributed by atoms with E-state index in [9.17, 15) is 0 Å². The van der Waals surface area contributed by atoms with E-state index in [4.69, 9.17) is 62.8 Å². The zero-order valence-electron chi connectivity index (χ0n) is 18.0. The predicted octanol–water partition coefficient (Wildman–Crippen LogP) is -2.28. The van der Waals surface area contributed by atoms with Crippen molar-refractivity contribution in [1.29, 1.82) is 0 Å². The molecule has 0 aromatic carbocycles. The van der Waals surface area contributed by atoms with Gasteiger partial charge in [-0.2, -0.15) is 0 Å². The summed E-state index contributed by atoms with van der Waals surface area (Å²) in [5.74, 6) is 11.9. The number of aliphatic hydroxyl groups excluding tert-OH is 4. The molecule has 2 aromatic rings. The molecule has 4 atom stereocenters. The van der Waals surface area contributed by atoms with Gasteiger partial charge in [-0.05, 0) is 27.7 Å². The van der Waals surface area contributed by atoms with Crippen LogP contribution in [0.2, 0.25) is 0 Å². The predicted molar refractivity (Wildman–Crippen MR) is 104 cm³/mol. The fraction of sp³-hybridized carbons (Fsp3) is 0.667. The molecule has 0 aliphatic carbocycles. The Morgan fingerprint density at radius 2 is 0.758 bits per heavy atom. The Morgan fingerprint density at radius 1 is 0.636 bits per heavy atom. The van der Waals surface area contributed by atoms with Gasteiger partial charge in [0, 0.05) is 0 Å². The molecule has 0 saturated carbocycles. The summed E-state index contributed by atoms with van der Waals surface area (Å²) >= 11 is 0. The second kappa shape index (κ2) is 16.4. The van der Waals surface area contributed by atoms with Crippen LogP contribution in [0.1, 0.15) is 75.4 Å². The summed E-state index contributed by atoms with van der Waals surface area (Å²) in [7, 11) is 0. The number of aromatic nitrogens is 6. The molecule has 0 spiro atoms. The van der Waals surface area contributed by atoms with Crippen LogP contribution in [0, 0.1) is 30.6 Å². The zero-order chi connectivity index (χ0) is 25.8. The van der Waals surface area contributed by atoms with E-state index in [-0.39, 0.29) is 42.8 Å². The van der Waals surface area contributed by atoms with Crippen LogP contribution in [0.3, 0.4) is 0 Å². The SMILES string of the molecule is C[C@H](O)c1nnc([C@H](C)O)n1N.C[C@H](O)c1nnc([C@H](C)O)n1N.O=[N+]([O-])[O-].O=[N+]([O-])[O-].[Zn+2]. The van der Waals surface area contributed by atoms with Crippen molar-refractivity contribution in [1.82, 2.24) is 29.7 Å². The average Bonchev–Trinajstić information content (AvgIpc) is 3.17. The van der Waals surface area contributed by atoms with Gasteiger partial charge in [0.05, 0.1) is 10.2 Å². The van der Waals surface area contributed by atoms with E-state index >= 15 is 0 Å².